The Hall–Kier alpha value is -1.07. The fourth-order valence-corrected chi connectivity index (χ4v) is 3.53. The van der Waals surface area contributed by atoms with E-state index in [0.717, 1.165) is 11.3 Å². The van der Waals surface area contributed by atoms with E-state index in [-0.39, 0.29) is 5.91 Å². The smallest absolute Gasteiger partial charge is 0.247 e. The first-order chi connectivity index (χ1) is 7.22. The van der Waals surface area contributed by atoms with Crippen LogP contribution >= 0.6 is 24.0 Å². The van der Waals surface area contributed by atoms with Gasteiger partial charge in [-0.25, -0.2) is 0 Å². The normalized spacial score (nSPS) is 27.7. The lowest BCUT2D eigenvalue weighted by Crippen LogP contribution is -2.34. The van der Waals surface area contributed by atoms with Crippen LogP contribution in [-0.4, -0.2) is 16.8 Å². The van der Waals surface area contributed by atoms with Crippen molar-refractivity contribution >= 4 is 39.9 Å². The highest BCUT2D eigenvalue weighted by atomic mass is 32.2. The summed E-state index contributed by atoms with van der Waals surface area (Å²) in [5.74, 6) is 0.0288. The van der Waals surface area contributed by atoms with Crippen LogP contribution in [0.3, 0.4) is 0 Å². The lowest BCUT2D eigenvalue weighted by atomic mass is 10.00. The van der Waals surface area contributed by atoms with Crippen molar-refractivity contribution < 1.29 is 4.79 Å². The summed E-state index contributed by atoms with van der Waals surface area (Å²) in [6, 6.07) is 7.77. The van der Waals surface area contributed by atoms with Gasteiger partial charge in [0.2, 0.25) is 5.91 Å². The highest BCUT2D eigenvalue weighted by molar-refractivity contribution is 8.24. The predicted octanol–water partition coefficient (Wildman–Crippen LogP) is 1.46. The number of hydrogen-bond donors (Lipinski definition) is 2. The van der Waals surface area contributed by atoms with Gasteiger partial charge in [0.05, 0.1) is 0 Å². The summed E-state index contributed by atoms with van der Waals surface area (Å²) in [5.41, 5.74) is 1.94. The van der Waals surface area contributed by atoms with Crippen molar-refractivity contribution in [3.05, 3.63) is 29.8 Å². The molecule has 1 fully saturated rings. The monoisotopic (exact) mass is 236 g/mol. The van der Waals surface area contributed by atoms with E-state index in [2.05, 4.69) is 10.6 Å². The van der Waals surface area contributed by atoms with Crippen LogP contribution in [0.4, 0.5) is 5.69 Å². The molecule has 1 aromatic rings. The van der Waals surface area contributed by atoms with E-state index in [0.29, 0.717) is 10.9 Å². The van der Waals surface area contributed by atoms with Gasteiger partial charge in [-0.05, 0) is 6.07 Å². The van der Waals surface area contributed by atoms with Gasteiger partial charge in [0.15, 0.2) is 0 Å². The molecule has 3 nitrogen and oxygen atoms in total. The Morgan fingerprint density at radius 3 is 2.93 bits per heavy atom. The van der Waals surface area contributed by atoms with Crippen LogP contribution in [-0.2, 0) is 9.54 Å². The van der Waals surface area contributed by atoms with E-state index in [1.54, 1.807) is 0 Å². The summed E-state index contributed by atoms with van der Waals surface area (Å²) in [6.45, 7) is 0.583. The van der Waals surface area contributed by atoms with Gasteiger partial charge in [-0.2, -0.15) is 0 Å². The molecule has 1 atom stereocenters. The van der Waals surface area contributed by atoms with Crippen LogP contribution in [0.5, 0.6) is 0 Å². The van der Waals surface area contributed by atoms with Crippen molar-refractivity contribution in [3.8, 4) is 0 Å². The molecule has 0 aliphatic carbocycles. The van der Waals surface area contributed by atoms with Gasteiger partial charge in [-0.1, -0.05) is 42.2 Å². The number of hydrogen-bond acceptors (Lipinski definition) is 3. The standard InChI is InChI=1S/C10H8N2OS2/c13-8-10(5-11-9(14)15-10)6-3-1-2-4-7(6)12-8/h1-4H,5H2,(H,11,14)(H,12,13). The van der Waals surface area contributed by atoms with Gasteiger partial charge in [-0.15, -0.1) is 0 Å². The number of carbonyl (C=O) groups is 1. The highest BCUT2D eigenvalue weighted by Crippen LogP contribution is 2.48. The molecule has 3 rings (SSSR count). The molecule has 5 heteroatoms. The second-order valence-corrected chi connectivity index (χ2v) is 5.55. The van der Waals surface area contributed by atoms with Crippen molar-refractivity contribution in [2.24, 2.45) is 0 Å². The van der Waals surface area contributed by atoms with Crippen LogP contribution in [0.2, 0.25) is 0 Å². The Labute approximate surface area is 96.6 Å². The molecule has 2 aliphatic rings. The van der Waals surface area contributed by atoms with E-state index in [1.165, 1.54) is 11.8 Å². The SMILES string of the molecule is O=C1Nc2ccccc2C12CNC(=S)S2. The molecule has 0 bridgehead atoms. The zero-order chi connectivity index (χ0) is 10.5. The quantitative estimate of drug-likeness (QED) is 0.669. The number of carbonyl (C=O) groups excluding carboxylic acids is 1. The van der Waals surface area contributed by atoms with E-state index in [1.807, 2.05) is 24.3 Å². The second-order valence-electron chi connectivity index (χ2n) is 3.57. The molecule has 1 unspecified atom stereocenters. The van der Waals surface area contributed by atoms with E-state index >= 15 is 0 Å². The lowest BCUT2D eigenvalue weighted by molar-refractivity contribution is -0.117. The van der Waals surface area contributed by atoms with Crippen molar-refractivity contribution in [1.82, 2.24) is 5.32 Å². The van der Waals surface area contributed by atoms with Gasteiger partial charge < -0.3 is 10.6 Å². The minimum atomic E-state index is -0.534. The summed E-state index contributed by atoms with van der Waals surface area (Å²) in [5, 5.41) is 5.95. The molecular weight excluding hydrogens is 228 g/mol. The minimum Gasteiger partial charge on any atom is -0.369 e. The van der Waals surface area contributed by atoms with Crippen molar-refractivity contribution in [2.75, 3.05) is 11.9 Å². The molecule has 1 saturated heterocycles. The summed E-state index contributed by atoms with van der Waals surface area (Å²) >= 11 is 6.52. The number of para-hydroxylation sites is 1. The Kier molecular flexibility index (Phi) is 1.81. The lowest BCUT2D eigenvalue weighted by Gasteiger charge is -2.17. The molecule has 0 aromatic heterocycles. The number of benzene rings is 1. The first kappa shape index (κ1) is 9.18. The van der Waals surface area contributed by atoms with Crippen molar-refractivity contribution in [1.29, 1.82) is 0 Å². The van der Waals surface area contributed by atoms with Crippen molar-refractivity contribution in [3.63, 3.8) is 0 Å². The summed E-state index contributed by atoms with van der Waals surface area (Å²) in [4.78, 5) is 12.0. The molecule has 0 radical (unpaired) electrons. The summed E-state index contributed by atoms with van der Waals surface area (Å²) in [6.07, 6.45) is 0. The predicted molar refractivity (Wildman–Crippen MR) is 64.9 cm³/mol. The number of thiocarbonyl (C=S) groups is 1. The molecule has 2 aliphatic heterocycles. The van der Waals surface area contributed by atoms with E-state index in [9.17, 15) is 4.79 Å². The summed E-state index contributed by atoms with van der Waals surface area (Å²) < 4.78 is 0.162. The summed E-state index contributed by atoms with van der Waals surface area (Å²) in [7, 11) is 0. The number of rotatable bonds is 0. The van der Waals surface area contributed by atoms with Crippen LogP contribution in [0, 0.1) is 0 Å². The van der Waals surface area contributed by atoms with Gasteiger partial charge >= 0.3 is 0 Å². The fraction of sp³-hybridized carbons (Fsp3) is 0.200. The van der Waals surface area contributed by atoms with Crippen molar-refractivity contribution in [2.45, 2.75) is 4.75 Å². The molecule has 1 spiro atoms. The second kappa shape index (κ2) is 2.96. The maximum Gasteiger partial charge on any atom is 0.247 e. The molecule has 1 aromatic carbocycles. The number of fused-ring (bicyclic) bond motifs is 2. The van der Waals surface area contributed by atoms with E-state index in [4.69, 9.17) is 12.2 Å². The number of thioether (sulfide) groups is 1. The molecule has 2 heterocycles. The maximum absolute atomic E-state index is 12.0. The molecule has 15 heavy (non-hydrogen) atoms. The third-order valence-corrected chi connectivity index (χ3v) is 4.35. The Morgan fingerprint density at radius 1 is 1.40 bits per heavy atom. The van der Waals surface area contributed by atoms with Gasteiger partial charge in [0, 0.05) is 17.8 Å². The largest absolute Gasteiger partial charge is 0.369 e. The highest BCUT2D eigenvalue weighted by Gasteiger charge is 2.51. The van der Waals surface area contributed by atoms with E-state index < -0.39 is 4.75 Å². The molecule has 0 saturated carbocycles. The number of amides is 1. The molecule has 2 N–H and O–H groups in total. The number of nitrogens with one attached hydrogen (secondary N) is 2. The van der Waals surface area contributed by atoms with Crippen LogP contribution < -0.4 is 10.6 Å². The van der Waals surface area contributed by atoms with Gasteiger partial charge in [-0.3, -0.25) is 4.79 Å². The van der Waals surface area contributed by atoms with Crippen LogP contribution in [0.1, 0.15) is 5.56 Å². The maximum atomic E-state index is 12.0. The van der Waals surface area contributed by atoms with Gasteiger partial charge in [0.1, 0.15) is 9.07 Å². The topological polar surface area (TPSA) is 41.1 Å². The minimum absolute atomic E-state index is 0.0288. The molecule has 76 valence electrons. The van der Waals surface area contributed by atoms with Crippen LogP contribution in [0.15, 0.2) is 24.3 Å². The fourth-order valence-electron chi connectivity index (χ4n) is 1.99. The molecule has 1 amide bonds. The Morgan fingerprint density at radius 2 is 2.20 bits per heavy atom. The first-order valence-electron chi connectivity index (χ1n) is 4.60. The Bertz CT molecular complexity index is 474. The zero-order valence-electron chi connectivity index (χ0n) is 7.74. The van der Waals surface area contributed by atoms with Gasteiger partial charge in [0.25, 0.3) is 0 Å². The number of anilines is 1. The third kappa shape index (κ3) is 1.13. The zero-order valence-corrected chi connectivity index (χ0v) is 9.37. The Balaban J connectivity index is 2.17. The molecular formula is C10H8N2OS2. The van der Waals surface area contributed by atoms with Crippen LogP contribution in [0.25, 0.3) is 0 Å². The first-order valence-corrected chi connectivity index (χ1v) is 5.83. The average Bonchev–Trinajstić information content (AvgIpc) is 2.73. The third-order valence-electron chi connectivity index (χ3n) is 2.73. The average molecular weight is 236 g/mol.